The maximum absolute atomic E-state index is 11.0. The largest absolute Gasteiger partial charge is 0.394 e. The molecule has 9 atom stereocenters. The number of rotatable bonds is 8. The Morgan fingerprint density at radius 3 is 2.09 bits per heavy atom. The number of ether oxygens (including phenoxy) is 2. The molecule has 1 heterocycles. The summed E-state index contributed by atoms with van der Waals surface area (Å²) in [7, 11) is 0. The number of carbonyl (C=O) groups excluding carboxylic acids is 1. The van der Waals surface area contributed by atoms with Gasteiger partial charge in [0.2, 0.25) is 0 Å². The van der Waals surface area contributed by atoms with Gasteiger partial charge in [-0.05, 0) is 0 Å². The topological polar surface area (TPSA) is 197 Å². The first kappa shape index (κ1) is 20.3. The van der Waals surface area contributed by atoms with Gasteiger partial charge >= 0.3 is 0 Å². The van der Waals surface area contributed by atoms with E-state index < -0.39 is 68.3 Å². The highest BCUT2D eigenvalue weighted by Crippen LogP contribution is 2.23. The van der Waals surface area contributed by atoms with Crippen molar-refractivity contribution in [2.45, 2.75) is 55.1 Å². The lowest BCUT2D eigenvalue weighted by molar-refractivity contribution is -0.315. The third-order valence-electron chi connectivity index (χ3n) is 3.54. The summed E-state index contributed by atoms with van der Waals surface area (Å²) in [5.41, 5.74) is 0. The predicted octanol–water partition coefficient (Wildman–Crippen LogP) is -5.55. The van der Waals surface area contributed by atoms with Crippen LogP contribution >= 0.6 is 0 Å². The van der Waals surface area contributed by atoms with E-state index in [1.54, 1.807) is 0 Å². The van der Waals surface area contributed by atoms with Crippen LogP contribution in [0.5, 0.6) is 0 Å². The van der Waals surface area contributed by atoms with Crippen molar-refractivity contribution in [1.82, 2.24) is 0 Å². The summed E-state index contributed by atoms with van der Waals surface area (Å²) in [5, 5.41) is 75.2. The lowest BCUT2D eigenvalue weighted by Crippen LogP contribution is -2.60. The van der Waals surface area contributed by atoms with Gasteiger partial charge in [0, 0.05) is 0 Å². The molecule has 23 heavy (non-hydrogen) atoms. The molecule has 1 rings (SSSR count). The summed E-state index contributed by atoms with van der Waals surface area (Å²) in [6, 6.07) is 0. The van der Waals surface area contributed by atoms with E-state index in [9.17, 15) is 35.4 Å². The second-order valence-corrected chi connectivity index (χ2v) is 5.17. The van der Waals surface area contributed by atoms with E-state index in [0.717, 1.165) is 0 Å². The Labute approximate surface area is 130 Å². The zero-order valence-corrected chi connectivity index (χ0v) is 12.0. The molecule has 0 spiro atoms. The van der Waals surface area contributed by atoms with E-state index >= 15 is 0 Å². The Bertz CT molecular complexity index is 365. The molecule has 0 aromatic carbocycles. The minimum absolute atomic E-state index is 0.0550. The monoisotopic (exact) mass is 342 g/mol. The molecule has 11 heteroatoms. The zero-order chi connectivity index (χ0) is 17.7. The first-order chi connectivity index (χ1) is 10.8. The maximum Gasteiger partial charge on any atom is 0.187 e. The van der Waals surface area contributed by atoms with E-state index in [0.29, 0.717) is 0 Å². The highest BCUT2D eigenvalue weighted by Gasteiger charge is 2.46. The number of hydrogen-bond donors (Lipinski definition) is 8. The molecule has 0 amide bonds. The lowest BCUT2D eigenvalue weighted by atomic mass is 9.99. The van der Waals surface area contributed by atoms with Crippen molar-refractivity contribution in [1.29, 1.82) is 0 Å². The van der Waals surface area contributed by atoms with Gasteiger partial charge in [0.1, 0.15) is 48.8 Å². The van der Waals surface area contributed by atoms with Gasteiger partial charge in [-0.3, -0.25) is 0 Å². The van der Waals surface area contributed by atoms with Crippen molar-refractivity contribution in [3.8, 4) is 0 Å². The fourth-order valence-electron chi connectivity index (χ4n) is 2.06. The average Bonchev–Trinajstić information content (AvgIpc) is 2.57. The van der Waals surface area contributed by atoms with Gasteiger partial charge in [0.15, 0.2) is 12.6 Å². The predicted molar refractivity (Wildman–Crippen MR) is 69.8 cm³/mol. The van der Waals surface area contributed by atoms with Crippen LogP contribution in [0.3, 0.4) is 0 Å². The quantitative estimate of drug-likeness (QED) is 0.196. The summed E-state index contributed by atoms with van der Waals surface area (Å²) in [6.45, 7) is -1.60. The maximum atomic E-state index is 11.0. The van der Waals surface area contributed by atoms with E-state index in [2.05, 4.69) is 0 Å². The normalized spacial score (nSPS) is 37.0. The first-order valence-electron chi connectivity index (χ1n) is 6.84. The third-order valence-corrected chi connectivity index (χ3v) is 3.54. The van der Waals surface area contributed by atoms with E-state index in [1.165, 1.54) is 0 Å². The van der Waals surface area contributed by atoms with Gasteiger partial charge in [-0.25, -0.2) is 0 Å². The first-order valence-corrected chi connectivity index (χ1v) is 6.84. The Balaban J connectivity index is 2.79. The molecule has 11 nitrogen and oxygen atoms in total. The van der Waals surface area contributed by atoms with Crippen LogP contribution in [0, 0.1) is 0 Å². The summed E-state index contributed by atoms with van der Waals surface area (Å²) in [5.74, 6) is 0. The van der Waals surface area contributed by atoms with Crippen molar-refractivity contribution in [3.05, 3.63) is 0 Å². The molecule has 1 fully saturated rings. The van der Waals surface area contributed by atoms with Crippen LogP contribution in [-0.2, 0) is 14.3 Å². The molecular weight excluding hydrogens is 320 g/mol. The molecular formula is C12H22O11. The standard InChI is InChI=1S/C12H22O11/c13-1-4(16)7(17)8(18)5(2-14)22-12-11(21)10(20)9(19)6(3-15)23-12/h2,4-13,15-21H,1,3H2/t4-,5+,6-,7+,8-,9-,10+,11-,12-/m1/s1. The molecule has 136 valence electrons. The summed E-state index contributed by atoms with van der Waals surface area (Å²) in [4.78, 5) is 11.0. The Morgan fingerprint density at radius 2 is 1.61 bits per heavy atom. The second-order valence-electron chi connectivity index (χ2n) is 5.17. The fourth-order valence-corrected chi connectivity index (χ4v) is 2.06. The van der Waals surface area contributed by atoms with Gasteiger partial charge in [-0.1, -0.05) is 0 Å². The van der Waals surface area contributed by atoms with Crippen LogP contribution in [0.25, 0.3) is 0 Å². The van der Waals surface area contributed by atoms with E-state index in [4.69, 9.17) is 19.7 Å². The molecule has 1 aliphatic rings. The number of hydrogen-bond acceptors (Lipinski definition) is 11. The Kier molecular flexibility index (Phi) is 7.89. The third kappa shape index (κ3) is 4.64. The van der Waals surface area contributed by atoms with E-state index in [1.807, 2.05) is 0 Å². The summed E-state index contributed by atoms with van der Waals surface area (Å²) < 4.78 is 9.94. The number of aldehydes is 1. The number of aliphatic hydroxyl groups is 8. The zero-order valence-electron chi connectivity index (χ0n) is 12.0. The van der Waals surface area contributed by atoms with Crippen molar-refractivity contribution >= 4 is 6.29 Å². The molecule has 8 N–H and O–H groups in total. The Hall–Kier alpha value is -0.730. The summed E-state index contributed by atoms with van der Waals surface area (Å²) >= 11 is 0. The van der Waals surface area contributed by atoms with Crippen LogP contribution in [-0.4, -0.2) is 115 Å². The molecule has 0 aromatic rings. The number of aliphatic hydroxyl groups excluding tert-OH is 8. The fraction of sp³-hybridized carbons (Fsp3) is 0.917. The Morgan fingerprint density at radius 1 is 1.00 bits per heavy atom. The molecule has 0 aliphatic carbocycles. The smallest absolute Gasteiger partial charge is 0.187 e. The van der Waals surface area contributed by atoms with Crippen molar-refractivity contribution < 1.29 is 55.1 Å². The highest BCUT2D eigenvalue weighted by atomic mass is 16.7. The minimum atomic E-state index is -1.97. The molecule has 1 aliphatic heterocycles. The molecule has 0 saturated carbocycles. The van der Waals surface area contributed by atoms with Crippen LogP contribution in [0.15, 0.2) is 0 Å². The van der Waals surface area contributed by atoms with E-state index in [-0.39, 0.29) is 6.29 Å². The van der Waals surface area contributed by atoms with Gasteiger partial charge in [0.05, 0.1) is 13.2 Å². The van der Waals surface area contributed by atoms with Crippen molar-refractivity contribution in [3.63, 3.8) is 0 Å². The molecule has 0 unspecified atom stereocenters. The van der Waals surface area contributed by atoms with Crippen LogP contribution < -0.4 is 0 Å². The molecule has 0 bridgehead atoms. The van der Waals surface area contributed by atoms with Crippen molar-refractivity contribution in [2.75, 3.05) is 13.2 Å². The van der Waals surface area contributed by atoms with Crippen LogP contribution in [0.4, 0.5) is 0 Å². The average molecular weight is 342 g/mol. The number of carbonyl (C=O) groups is 1. The summed E-state index contributed by atoms with van der Waals surface area (Å²) in [6.07, 6.45) is -15.5. The van der Waals surface area contributed by atoms with Crippen LogP contribution in [0.1, 0.15) is 0 Å². The highest BCUT2D eigenvalue weighted by molar-refractivity contribution is 5.57. The lowest BCUT2D eigenvalue weighted by Gasteiger charge is -2.41. The molecule has 1 saturated heterocycles. The van der Waals surface area contributed by atoms with Gasteiger partial charge in [-0.2, -0.15) is 0 Å². The molecule has 0 aromatic heterocycles. The van der Waals surface area contributed by atoms with Gasteiger partial charge in [0.25, 0.3) is 0 Å². The van der Waals surface area contributed by atoms with Gasteiger partial charge < -0.3 is 55.1 Å². The van der Waals surface area contributed by atoms with Crippen molar-refractivity contribution in [2.24, 2.45) is 0 Å². The second kappa shape index (κ2) is 8.94. The van der Waals surface area contributed by atoms with Gasteiger partial charge in [-0.15, -0.1) is 0 Å². The molecule has 0 radical (unpaired) electrons. The SMILES string of the molecule is O=C[C@H](O[C@@H]1O[C@H](CO)[C@@H](O)[C@H](O)[C@H]1O)[C@@H](O)[C@@H](O)[C@H](O)CO. The minimum Gasteiger partial charge on any atom is -0.394 e. The van der Waals surface area contributed by atoms with Crippen LogP contribution in [0.2, 0.25) is 0 Å².